The Hall–Kier alpha value is -1.87. The number of unbranched alkanes of at least 4 members (excludes halogenated alkanes) is 10. The SMILES string of the molecule is CC(C)(C)OC(=O)/N=C(\NCCCCCCCCNCCCCCCCCN)NC(=O)OC(C)(C)C. The summed E-state index contributed by atoms with van der Waals surface area (Å²) in [6, 6.07) is 0. The monoisotopic (exact) mass is 513 g/mol. The van der Waals surface area contributed by atoms with Crippen LogP contribution in [0.15, 0.2) is 4.99 Å². The average Bonchev–Trinajstić information content (AvgIpc) is 2.73. The second-order valence-electron chi connectivity index (χ2n) is 11.3. The van der Waals surface area contributed by atoms with E-state index in [2.05, 4.69) is 20.9 Å². The van der Waals surface area contributed by atoms with Gasteiger partial charge >= 0.3 is 12.2 Å². The molecule has 0 bridgehead atoms. The Kier molecular flexibility index (Phi) is 19.2. The molecule has 0 saturated heterocycles. The number of ether oxygens (including phenoxy) is 2. The number of nitrogens with zero attached hydrogens (tertiary/aromatic N) is 1. The molecule has 212 valence electrons. The number of nitrogens with two attached hydrogens (primary N) is 1. The fraction of sp³-hybridized carbons (Fsp3) is 0.889. The van der Waals surface area contributed by atoms with Crippen molar-refractivity contribution in [2.45, 2.75) is 130 Å². The van der Waals surface area contributed by atoms with Crippen LogP contribution < -0.4 is 21.7 Å². The summed E-state index contributed by atoms with van der Waals surface area (Å²) in [5.41, 5.74) is 4.19. The third-order valence-electron chi connectivity index (χ3n) is 5.10. The summed E-state index contributed by atoms with van der Waals surface area (Å²) < 4.78 is 10.5. The summed E-state index contributed by atoms with van der Waals surface area (Å²) in [7, 11) is 0. The van der Waals surface area contributed by atoms with Crippen LogP contribution in [0, 0.1) is 0 Å². The molecule has 0 saturated carbocycles. The first-order chi connectivity index (χ1) is 16.9. The lowest BCUT2D eigenvalue weighted by atomic mass is 10.1. The molecular formula is C27H55N5O4. The van der Waals surface area contributed by atoms with Gasteiger partial charge in [-0.15, -0.1) is 4.99 Å². The number of hydrogen-bond donors (Lipinski definition) is 4. The molecule has 2 amide bonds. The van der Waals surface area contributed by atoms with E-state index in [9.17, 15) is 9.59 Å². The van der Waals surface area contributed by atoms with Gasteiger partial charge in [-0.1, -0.05) is 51.4 Å². The van der Waals surface area contributed by atoms with Crippen molar-refractivity contribution in [2.24, 2.45) is 10.7 Å². The van der Waals surface area contributed by atoms with E-state index in [0.717, 1.165) is 45.3 Å². The van der Waals surface area contributed by atoms with E-state index in [1.165, 1.54) is 51.4 Å². The molecule has 0 spiro atoms. The molecule has 0 unspecified atom stereocenters. The number of guanidine groups is 1. The van der Waals surface area contributed by atoms with Gasteiger partial charge in [0, 0.05) is 6.54 Å². The fourth-order valence-electron chi connectivity index (χ4n) is 3.40. The standard InChI is InChI=1S/C27H55N5O4/c1-26(2,3)35-24(33)31-23(32-25(34)36-27(4,5)6)30-22-18-14-10-9-13-17-21-29-20-16-12-8-7-11-15-19-28/h29H,7-22,28H2,1-6H3,(H2,30,31,32,33,34). The van der Waals surface area contributed by atoms with Crippen LogP contribution in [0.25, 0.3) is 0 Å². The first kappa shape index (κ1) is 34.1. The third kappa shape index (κ3) is 25.2. The zero-order valence-corrected chi connectivity index (χ0v) is 24.0. The number of carbonyl (C=O) groups is 2. The van der Waals surface area contributed by atoms with Gasteiger partial charge in [0.1, 0.15) is 11.2 Å². The molecule has 0 aliphatic rings. The van der Waals surface area contributed by atoms with Gasteiger partial charge in [0.25, 0.3) is 0 Å². The van der Waals surface area contributed by atoms with Crippen LogP contribution in [0.4, 0.5) is 9.59 Å². The first-order valence-corrected chi connectivity index (χ1v) is 13.9. The Balaban J connectivity index is 3.99. The molecule has 0 aromatic heterocycles. The van der Waals surface area contributed by atoms with Crippen molar-refractivity contribution >= 4 is 18.1 Å². The van der Waals surface area contributed by atoms with Crippen molar-refractivity contribution in [3.05, 3.63) is 0 Å². The minimum atomic E-state index is -0.767. The Bertz CT molecular complexity index is 612. The van der Waals surface area contributed by atoms with Gasteiger partial charge in [0.2, 0.25) is 5.96 Å². The summed E-state index contributed by atoms with van der Waals surface area (Å²) >= 11 is 0. The number of amides is 2. The highest BCUT2D eigenvalue weighted by atomic mass is 16.6. The van der Waals surface area contributed by atoms with Gasteiger partial charge in [0.15, 0.2) is 0 Å². The zero-order chi connectivity index (χ0) is 27.3. The topological polar surface area (TPSA) is 127 Å². The highest BCUT2D eigenvalue weighted by Gasteiger charge is 2.20. The summed E-state index contributed by atoms with van der Waals surface area (Å²) in [6.45, 7) is 14.2. The predicted octanol–water partition coefficient (Wildman–Crippen LogP) is 5.62. The fourth-order valence-corrected chi connectivity index (χ4v) is 3.40. The number of rotatable bonds is 17. The Labute approximate surface area is 220 Å². The molecule has 0 aliphatic heterocycles. The molecule has 9 heteroatoms. The molecule has 0 atom stereocenters. The van der Waals surface area contributed by atoms with Crippen LogP contribution in [0.3, 0.4) is 0 Å². The van der Waals surface area contributed by atoms with Gasteiger partial charge < -0.3 is 25.8 Å². The Morgan fingerprint density at radius 3 is 1.58 bits per heavy atom. The minimum Gasteiger partial charge on any atom is -0.444 e. The van der Waals surface area contributed by atoms with E-state index in [-0.39, 0.29) is 5.96 Å². The summed E-state index contributed by atoms with van der Waals surface area (Å²) in [6.07, 6.45) is 13.0. The molecule has 5 N–H and O–H groups in total. The quantitative estimate of drug-likeness (QED) is 0.113. The smallest absolute Gasteiger partial charge is 0.437 e. The maximum atomic E-state index is 12.1. The number of hydrogen-bond acceptors (Lipinski definition) is 6. The van der Waals surface area contributed by atoms with Crippen LogP contribution >= 0.6 is 0 Å². The van der Waals surface area contributed by atoms with Crippen molar-refractivity contribution < 1.29 is 19.1 Å². The predicted molar refractivity (Wildman–Crippen MR) is 148 cm³/mol. The molecule has 0 heterocycles. The van der Waals surface area contributed by atoms with Gasteiger partial charge in [-0.3, -0.25) is 5.32 Å². The lowest BCUT2D eigenvalue weighted by molar-refractivity contribution is 0.0560. The van der Waals surface area contributed by atoms with E-state index in [0.29, 0.717) is 6.54 Å². The largest absolute Gasteiger partial charge is 0.444 e. The maximum absolute atomic E-state index is 12.1. The number of nitrogens with one attached hydrogen (secondary N) is 3. The third-order valence-corrected chi connectivity index (χ3v) is 5.10. The second-order valence-corrected chi connectivity index (χ2v) is 11.3. The van der Waals surface area contributed by atoms with Crippen molar-refractivity contribution in [2.75, 3.05) is 26.2 Å². The molecule has 36 heavy (non-hydrogen) atoms. The summed E-state index contributed by atoms with van der Waals surface area (Å²) in [4.78, 5) is 28.0. The highest BCUT2D eigenvalue weighted by Crippen LogP contribution is 2.09. The molecule has 0 radical (unpaired) electrons. The number of alkyl carbamates (subject to hydrolysis) is 1. The van der Waals surface area contributed by atoms with E-state index < -0.39 is 23.4 Å². The molecule has 0 aromatic rings. The van der Waals surface area contributed by atoms with Gasteiger partial charge in [0.05, 0.1) is 0 Å². The molecule has 0 aromatic carbocycles. The van der Waals surface area contributed by atoms with Crippen LogP contribution in [0.5, 0.6) is 0 Å². The van der Waals surface area contributed by atoms with Crippen molar-refractivity contribution in [1.82, 2.24) is 16.0 Å². The normalized spacial score (nSPS) is 12.4. The van der Waals surface area contributed by atoms with Crippen LogP contribution in [-0.2, 0) is 9.47 Å². The molecule has 9 nitrogen and oxygen atoms in total. The van der Waals surface area contributed by atoms with Crippen molar-refractivity contribution in [3.8, 4) is 0 Å². The lowest BCUT2D eigenvalue weighted by Gasteiger charge is -2.21. The molecule has 0 fully saturated rings. The Morgan fingerprint density at radius 1 is 0.667 bits per heavy atom. The van der Waals surface area contributed by atoms with E-state index in [1.807, 2.05) is 0 Å². The zero-order valence-electron chi connectivity index (χ0n) is 24.0. The number of aliphatic imine (C=N–C) groups is 1. The first-order valence-electron chi connectivity index (χ1n) is 13.9. The van der Waals surface area contributed by atoms with Gasteiger partial charge in [-0.2, -0.15) is 0 Å². The highest BCUT2D eigenvalue weighted by molar-refractivity contribution is 5.98. The van der Waals surface area contributed by atoms with Crippen LogP contribution in [-0.4, -0.2) is 55.5 Å². The number of carbonyl (C=O) groups excluding carboxylic acids is 2. The van der Waals surface area contributed by atoms with E-state index in [1.54, 1.807) is 41.5 Å². The van der Waals surface area contributed by atoms with Gasteiger partial charge in [-0.25, -0.2) is 9.59 Å². The lowest BCUT2D eigenvalue weighted by Crippen LogP contribution is -2.44. The molecular weight excluding hydrogens is 458 g/mol. The van der Waals surface area contributed by atoms with Crippen molar-refractivity contribution in [1.29, 1.82) is 0 Å². The van der Waals surface area contributed by atoms with E-state index in [4.69, 9.17) is 15.2 Å². The summed E-state index contributed by atoms with van der Waals surface area (Å²) in [5.74, 6) is 0.0418. The average molecular weight is 514 g/mol. The van der Waals surface area contributed by atoms with E-state index >= 15 is 0 Å². The maximum Gasteiger partial charge on any atom is 0.437 e. The summed E-state index contributed by atoms with van der Waals surface area (Å²) in [5, 5.41) is 9.08. The van der Waals surface area contributed by atoms with Crippen molar-refractivity contribution in [3.63, 3.8) is 0 Å². The Morgan fingerprint density at radius 2 is 1.11 bits per heavy atom. The van der Waals surface area contributed by atoms with Crippen LogP contribution in [0.2, 0.25) is 0 Å². The van der Waals surface area contributed by atoms with Crippen LogP contribution in [0.1, 0.15) is 119 Å². The van der Waals surface area contributed by atoms with Gasteiger partial charge in [-0.05, 0) is 86.9 Å². The minimum absolute atomic E-state index is 0.0418. The molecule has 0 rings (SSSR count). The molecule has 0 aliphatic carbocycles. The second kappa shape index (κ2) is 20.2.